The van der Waals surface area contributed by atoms with Crippen molar-refractivity contribution in [1.82, 2.24) is 34.1 Å². The Morgan fingerprint density at radius 2 is 1.48 bits per heavy atom. The van der Waals surface area contributed by atoms with Crippen LogP contribution >= 0.6 is 0 Å². The van der Waals surface area contributed by atoms with Crippen LogP contribution in [0.5, 0.6) is 0 Å². The number of nitrogens with one attached hydrogen (secondary N) is 1. The van der Waals surface area contributed by atoms with Gasteiger partial charge in [-0.3, -0.25) is 14.3 Å². The monoisotopic (exact) mass is 747 g/mol. The first kappa shape index (κ1) is 35.6. The number of ether oxygens (including phenoxy) is 3. The van der Waals surface area contributed by atoms with E-state index in [2.05, 4.69) is 25.3 Å². The van der Waals surface area contributed by atoms with E-state index in [4.69, 9.17) is 18.4 Å². The molecule has 2 aliphatic heterocycles. The molecule has 14 nitrogen and oxygen atoms in total. The molecule has 2 saturated heterocycles. The third-order valence-electron chi connectivity index (χ3n) is 9.63. The molecule has 0 saturated carbocycles. The first-order valence-corrected chi connectivity index (χ1v) is 18.6. The lowest BCUT2D eigenvalue weighted by Gasteiger charge is -2.42. The van der Waals surface area contributed by atoms with Crippen LogP contribution in [-0.2, 0) is 40.8 Å². The lowest BCUT2D eigenvalue weighted by molar-refractivity contribution is -0.224. The summed E-state index contributed by atoms with van der Waals surface area (Å²) in [5.41, 5.74) is 2.44. The quantitative estimate of drug-likeness (QED) is 0.183. The van der Waals surface area contributed by atoms with Crippen LogP contribution in [0, 0.1) is 0 Å². The summed E-state index contributed by atoms with van der Waals surface area (Å²) in [5.74, 6) is -1.42. The standard InChI is InChI=1S/C39H37N7O7S/c1-38(2)51-32-33(52-38)37(50-36(32)46-25-44-31-30(42-24-43-34(31)46)23-41-35(47)26-14-13-21-40-22-26)53-54(48,49)45(3)39(27-15-7-4-8-16-27,28-17-9-5-10-18-28)29-19-11-6-12-20-29/h4-22,24-25,32-33,36-37H,23H2,1-3H3,(H,41,47)/t32-,33-,36-,37-/m1/s1. The largest absolute Gasteiger partial charge is 0.346 e. The van der Waals surface area contributed by atoms with Gasteiger partial charge >= 0.3 is 10.3 Å². The molecule has 3 aromatic carbocycles. The van der Waals surface area contributed by atoms with E-state index >= 15 is 0 Å². The highest BCUT2D eigenvalue weighted by Gasteiger charge is 2.59. The second kappa shape index (κ2) is 14.1. The zero-order valence-electron chi connectivity index (χ0n) is 29.6. The van der Waals surface area contributed by atoms with Gasteiger partial charge < -0.3 is 19.5 Å². The summed E-state index contributed by atoms with van der Waals surface area (Å²) < 4.78 is 57.3. The van der Waals surface area contributed by atoms with Crippen molar-refractivity contribution in [2.45, 2.75) is 56.4 Å². The lowest BCUT2D eigenvalue weighted by Crippen LogP contribution is -2.50. The van der Waals surface area contributed by atoms with Gasteiger partial charge in [0.15, 0.2) is 17.7 Å². The van der Waals surface area contributed by atoms with Crippen LogP contribution in [0.15, 0.2) is 128 Å². The summed E-state index contributed by atoms with van der Waals surface area (Å²) in [4.78, 5) is 30.1. The molecular formula is C39H37N7O7S. The number of imidazole rings is 1. The minimum absolute atomic E-state index is 0.0658. The fourth-order valence-electron chi connectivity index (χ4n) is 7.26. The summed E-state index contributed by atoms with van der Waals surface area (Å²) in [5, 5.41) is 2.84. The van der Waals surface area contributed by atoms with Crippen LogP contribution in [0.1, 0.15) is 52.8 Å². The first-order chi connectivity index (χ1) is 26.1. The summed E-state index contributed by atoms with van der Waals surface area (Å²) in [6, 6.07) is 31.6. The van der Waals surface area contributed by atoms with Gasteiger partial charge in [-0.05, 0) is 42.7 Å². The Bertz CT molecular complexity index is 2270. The molecule has 0 unspecified atom stereocenters. The van der Waals surface area contributed by atoms with E-state index in [1.54, 1.807) is 36.7 Å². The van der Waals surface area contributed by atoms with Crippen LogP contribution in [0.25, 0.3) is 11.2 Å². The third kappa shape index (κ3) is 6.34. The smallest absolute Gasteiger partial charge is 0.342 e. The van der Waals surface area contributed by atoms with E-state index < -0.39 is 46.4 Å². The molecule has 8 rings (SSSR count). The molecule has 2 fully saturated rings. The van der Waals surface area contributed by atoms with Crippen LogP contribution in [0.3, 0.4) is 0 Å². The number of carbonyl (C=O) groups excluding carboxylic acids is 1. The van der Waals surface area contributed by atoms with E-state index in [0.717, 1.165) is 0 Å². The molecule has 1 N–H and O–H groups in total. The molecule has 0 bridgehead atoms. The van der Waals surface area contributed by atoms with Gasteiger partial charge in [0.25, 0.3) is 5.91 Å². The molecule has 1 amide bonds. The first-order valence-electron chi connectivity index (χ1n) is 17.3. The van der Waals surface area contributed by atoms with E-state index in [1.807, 2.05) is 91.0 Å². The molecule has 6 aromatic rings. The minimum atomic E-state index is -4.62. The Morgan fingerprint density at radius 1 is 0.870 bits per heavy atom. The van der Waals surface area contributed by atoms with Crippen molar-refractivity contribution in [3.05, 3.63) is 156 Å². The Balaban J connectivity index is 1.13. The predicted molar refractivity (Wildman–Crippen MR) is 195 cm³/mol. The highest BCUT2D eigenvalue weighted by molar-refractivity contribution is 7.84. The fourth-order valence-corrected chi connectivity index (χ4v) is 8.43. The third-order valence-corrected chi connectivity index (χ3v) is 11.0. The maximum Gasteiger partial charge on any atom is 0.342 e. The number of fused-ring (bicyclic) bond motifs is 2. The number of carbonyl (C=O) groups is 1. The highest BCUT2D eigenvalue weighted by Crippen LogP contribution is 2.47. The fraction of sp³-hybridized carbons (Fsp3) is 0.256. The number of amides is 1. The Labute approximate surface area is 312 Å². The molecule has 15 heteroatoms. The second-order valence-electron chi connectivity index (χ2n) is 13.4. The van der Waals surface area contributed by atoms with E-state index in [1.165, 1.54) is 30.2 Å². The van der Waals surface area contributed by atoms with E-state index in [-0.39, 0.29) is 12.5 Å². The number of nitrogens with zero attached hydrogens (tertiary/aromatic N) is 6. The molecule has 0 aliphatic carbocycles. The molecule has 54 heavy (non-hydrogen) atoms. The van der Waals surface area contributed by atoms with Gasteiger partial charge in [-0.2, -0.15) is 12.7 Å². The van der Waals surface area contributed by atoms with Crippen molar-refractivity contribution in [1.29, 1.82) is 0 Å². The van der Waals surface area contributed by atoms with Crippen LogP contribution in [-0.4, -0.2) is 74.5 Å². The Morgan fingerprint density at radius 3 is 2.07 bits per heavy atom. The topological polar surface area (TPSA) is 160 Å². The van der Waals surface area contributed by atoms with E-state index in [0.29, 0.717) is 39.1 Å². The molecule has 0 radical (unpaired) electrons. The maximum absolute atomic E-state index is 14.7. The van der Waals surface area contributed by atoms with Crippen LogP contribution in [0.4, 0.5) is 0 Å². The summed E-state index contributed by atoms with van der Waals surface area (Å²) in [7, 11) is -3.13. The number of rotatable bonds is 11. The zero-order valence-corrected chi connectivity index (χ0v) is 30.4. The Hall–Kier alpha value is -5.42. The van der Waals surface area contributed by atoms with Crippen molar-refractivity contribution in [2.24, 2.45) is 0 Å². The van der Waals surface area contributed by atoms with Gasteiger partial charge in [-0.1, -0.05) is 91.0 Å². The van der Waals surface area contributed by atoms with Gasteiger partial charge in [0.05, 0.1) is 24.1 Å². The average Bonchev–Trinajstić information content (AvgIpc) is 3.86. The van der Waals surface area contributed by atoms with Gasteiger partial charge in [-0.25, -0.2) is 19.1 Å². The number of hydrogen-bond donors (Lipinski definition) is 1. The number of pyridine rings is 1. The highest BCUT2D eigenvalue weighted by atomic mass is 32.2. The van der Waals surface area contributed by atoms with Crippen molar-refractivity contribution in [3.63, 3.8) is 0 Å². The Kier molecular flexibility index (Phi) is 9.29. The minimum Gasteiger partial charge on any atom is -0.346 e. The van der Waals surface area contributed by atoms with E-state index in [9.17, 15) is 13.2 Å². The molecule has 4 atom stereocenters. The normalized spacial score (nSPS) is 21.0. The van der Waals surface area contributed by atoms with Crippen molar-refractivity contribution in [2.75, 3.05) is 7.05 Å². The summed E-state index contributed by atoms with van der Waals surface area (Å²) in [6.07, 6.45) is 1.78. The SMILES string of the molecule is CN(C(c1ccccc1)(c1ccccc1)c1ccccc1)S(=O)(=O)O[C@H]1O[C@@H](n2cnc3c(CNC(=O)c4cccnc4)ncnc32)[C@@H]2OC(C)(C)O[C@@H]12. The molecule has 0 spiro atoms. The predicted octanol–water partition coefficient (Wildman–Crippen LogP) is 4.71. The molecule has 3 aromatic heterocycles. The number of aromatic nitrogens is 5. The number of benzene rings is 3. The molecule has 2 aliphatic rings. The van der Waals surface area contributed by atoms with Gasteiger partial charge in [0.1, 0.15) is 29.6 Å². The molecular weight excluding hydrogens is 711 g/mol. The van der Waals surface area contributed by atoms with Crippen molar-refractivity contribution < 1.29 is 31.6 Å². The van der Waals surface area contributed by atoms with Gasteiger partial charge in [0, 0.05) is 19.4 Å². The number of hydrogen-bond acceptors (Lipinski definition) is 11. The van der Waals surface area contributed by atoms with Crippen LogP contribution < -0.4 is 5.32 Å². The summed E-state index contributed by atoms with van der Waals surface area (Å²) in [6.45, 7) is 3.54. The maximum atomic E-state index is 14.7. The lowest BCUT2D eigenvalue weighted by atomic mass is 9.77. The zero-order chi connectivity index (χ0) is 37.5. The van der Waals surface area contributed by atoms with Crippen LogP contribution in [0.2, 0.25) is 0 Å². The second-order valence-corrected chi connectivity index (χ2v) is 15.0. The van der Waals surface area contributed by atoms with Gasteiger partial charge in [-0.15, -0.1) is 0 Å². The van der Waals surface area contributed by atoms with Gasteiger partial charge in [0.2, 0.25) is 6.29 Å². The van der Waals surface area contributed by atoms with Crippen molar-refractivity contribution >= 4 is 27.4 Å². The average molecular weight is 748 g/mol. The van der Waals surface area contributed by atoms with Crippen molar-refractivity contribution in [3.8, 4) is 0 Å². The molecule has 5 heterocycles. The molecule has 276 valence electrons. The summed E-state index contributed by atoms with van der Waals surface area (Å²) >= 11 is 0.